The number of benzene rings is 3. The molecule has 1 aliphatic carbocycles. The van der Waals surface area contributed by atoms with Gasteiger partial charge >= 0.3 is 0 Å². The number of carbonyl (C=O) groups excluding carboxylic acids is 1. The van der Waals surface area contributed by atoms with E-state index in [2.05, 4.69) is 19.9 Å². The monoisotopic (exact) mass is 642 g/mol. The van der Waals surface area contributed by atoms with Crippen molar-refractivity contribution in [3.05, 3.63) is 124 Å². The number of anilines is 1. The van der Waals surface area contributed by atoms with Gasteiger partial charge in [0.05, 0.1) is 41.7 Å². The lowest BCUT2D eigenvalue weighted by molar-refractivity contribution is -0.118. The number of para-hydroxylation sites is 1. The number of halogens is 1. The first-order valence-corrected chi connectivity index (χ1v) is 16.0. The lowest BCUT2D eigenvalue weighted by Gasteiger charge is -2.42. The van der Waals surface area contributed by atoms with Crippen LogP contribution >= 0.6 is 11.3 Å². The van der Waals surface area contributed by atoms with Crippen molar-refractivity contribution in [2.75, 3.05) is 12.0 Å². The molecular weight excluding hydrogens is 612 g/mol. The fraction of sp³-hybridized carbons (Fsp3) is 0.189. The van der Waals surface area contributed by atoms with Gasteiger partial charge in [0.15, 0.2) is 10.9 Å². The van der Waals surface area contributed by atoms with Gasteiger partial charge in [-0.2, -0.15) is 10.4 Å². The maximum atomic E-state index is 14.3. The van der Waals surface area contributed by atoms with E-state index in [4.69, 9.17) is 20.6 Å². The fourth-order valence-electron chi connectivity index (χ4n) is 6.44. The normalized spacial score (nSPS) is 17.5. The molecule has 0 fully saturated rings. The molecule has 10 heteroatoms. The number of aromatic nitrogens is 3. The number of ether oxygens (including phenoxy) is 1. The number of carbonyl (C=O) groups is 1. The van der Waals surface area contributed by atoms with Crippen LogP contribution < -0.4 is 15.4 Å². The van der Waals surface area contributed by atoms with Crippen molar-refractivity contribution in [1.29, 1.82) is 5.26 Å². The Bertz CT molecular complexity index is 2100. The van der Waals surface area contributed by atoms with Crippen molar-refractivity contribution in [1.82, 2.24) is 14.8 Å². The Hall–Kier alpha value is -5.53. The first-order chi connectivity index (χ1) is 22.7. The van der Waals surface area contributed by atoms with E-state index < -0.39 is 5.92 Å². The molecule has 2 aliphatic rings. The van der Waals surface area contributed by atoms with Crippen molar-refractivity contribution >= 4 is 22.3 Å². The molecule has 2 aromatic heterocycles. The van der Waals surface area contributed by atoms with Crippen LogP contribution in [-0.2, 0) is 4.79 Å². The third-order valence-corrected chi connectivity index (χ3v) is 9.47. The van der Waals surface area contributed by atoms with Crippen LogP contribution in [0.3, 0.4) is 0 Å². The Morgan fingerprint density at radius 1 is 1.02 bits per heavy atom. The predicted molar refractivity (Wildman–Crippen MR) is 180 cm³/mol. The molecule has 0 spiro atoms. The average Bonchev–Trinajstić information content (AvgIpc) is 3.73. The maximum Gasteiger partial charge on any atom is 0.195 e. The van der Waals surface area contributed by atoms with Gasteiger partial charge in [-0.15, -0.1) is 11.3 Å². The number of ketones is 1. The molecule has 0 saturated carbocycles. The van der Waals surface area contributed by atoms with Gasteiger partial charge < -0.3 is 10.5 Å². The summed E-state index contributed by atoms with van der Waals surface area (Å²) in [6.07, 6.45) is 2.76. The van der Waals surface area contributed by atoms with Gasteiger partial charge in [-0.3, -0.25) is 9.69 Å². The minimum atomic E-state index is -0.749. The second-order valence-corrected chi connectivity index (χ2v) is 13.3. The Morgan fingerprint density at radius 2 is 1.72 bits per heavy atom. The molecule has 1 unspecified atom stereocenters. The van der Waals surface area contributed by atoms with Gasteiger partial charge in [-0.1, -0.05) is 32.0 Å². The Labute approximate surface area is 275 Å². The van der Waals surface area contributed by atoms with Gasteiger partial charge in [0.2, 0.25) is 0 Å². The zero-order valence-electron chi connectivity index (χ0n) is 26.1. The Morgan fingerprint density at radius 3 is 2.40 bits per heavy atom. The van der Waals surface area contributed by atoms with Crippen LogP contribution in [0, 0.1) is 22.6 Å². The van der Waals surface area contributed by atoms with Crippen molar-refractivity contribution < 1.29 is 13.9 Å². The molecule has 0 amide bonds. The molecular formula is C37H31FN6O2S. The highest BCUT2D eigenvalue weighted by Crippen LogP contribution is 2.52. The summed E-state index contributed by atoms with van der Waals surface area (Å²) in [4.78, 5) is 20.9. The van der Waals surface area contributed by atoms with Crippen LogP contribution in [0.5, 0.6) is 5.75 Å². The smallest absolute Gasteiger partial charge is 0.195 e. The number of hydrogen-bond acceptors (Lipinski definition) is 8. The quantitative estimate of drug-likeness (QED) is 0.202. The zero-order chi connectivity index (χ0) is 32.9. The molecule has 1 atom stereocenters. The van der Waals surface area contributed by atoms with Gasteiger partial charge in [0.25, 0.3) is 0 Å². The highest BCUT2D eigenvalue weighted by Gasteiger charge is 2.46. The van der Waals surface area contributed by atoms with Crippen LogP contribution in [0.1, 0.15) is 38.2 Å². The molecule has 47 heavy (non-hydrogen) atoms. The summed E-state index contributed by atoms with van der Waals surface area (Å²) in [5.41, 5.74) is 12.5. The predicted octanol–water partition coefficient (Wildman–Crippen LogP) is 7.75. The topological polar surface area (TPSA) is 110 Å². The molecule has 234 valence electrons. The number of nitrogens with two attached hydrogens (primary N) is 1. The van der Waals surface area contributed by atoms with E-state index in [0.717, 1.165) is 22.5 Å². The lowest BCUT2D eigenvalue weighted by Crippen LogP contribution is -2.42. The number of allylic oxidation sites excluding steroid dienone is 3. The van der Waals surface area contributed by atoms with E-state index in [1.54, 1.807) is 28.8 Å². The van der Waals surface area contributed by atoms with Crippen molar-refractivity contribution in [3.8, 4) is 40.0 Å². The van der Waals surface area contributed by atoms with E-state index in [1.807, 2.05) is 66.2 Å². The minimum absolute atomic E-state index is 0.0463. The molecule has 3 heterocycles. The highest BCUT2D eigenvalue weighted by molar-refractivity contribution is 7.14. The summed E-state index contributed by atoms with van der Waals surface area (Å²) in [5.74, 6) is -0.212. The van der Waals surface area contributed by atoms with Crippen LogP contribution in [-0.4, -0.2) is 27.7 Å². The number of methoxy groups -OCH3 is 1. The molecule has 8 nitrogen and oxygen atoms in total. The average molecular weight is 643 g/mol. The molecule has 5 aromatic rings. The van der Waals surface area contributed by atoms with E-state index in [9.17, 15) is 14.4 Å². The molecule has 3 aromatic carbocycles. The molecule has 7 rings (SSSR count). The number of nitrogens with zero attached hydrogens (tertiary/aromatic N) is 5. The van der Waals surface area contributed by atoms with E-state index in [1.165, 1.54) is 23.5 Å². The summed E-state index contributed by atoms with van der Waals surface area (Å²) < 4.78 is 20.8. The number of Topliss-reactive ketones (excluding diaryl/α,β-unsaturated/α-hetero) is 1. The Kier molecular flexibility index (Phi) is 7.49. The van der Waals surface area contributed by atoms with Crippen molar-refractivity contribution in [2.24, 2.45) is 11.1 Å². The number of nitriles is 1. The van der Waals surface area contributed by atoms with Gasteiger partial charge in [0, 0.05) is 46.0 Å². The van der Waals surface area contributed by atoms with E-state index >= 15 is 0 Å². The molecule has 0 radical (unpaired) electrons. The van der Waals surface area contributed by atoms with Gasteiger partial charge in [-0.25, -0.2) is 14.1 Å². The summed E-state index contributed by atoms with van der Waals surface area (Å²) >= 11 is 1.35. The molecule has 1 aliphatic heterocycles. The largest absolute Gasteiger partial charge is 0.497 e. The first-order valence-electron chi connectivity index (χ1n) is 15.1. The van der Waals surface area contributed by atoms with Gasteiger partial charge in [-0.05, 0) is 72.5 Å². The van der Waals surface area contributed by atoms with Crippen LogP contribution in [0.25, 0.3) is 28.2 Å². The summed E-state index contributed by atoms with van der Waals surface area (Å²) in [6, 6.07) is 25.8. The van der Waals surface area contributed by atoms with Crippen LogP contribution in [0.15, 0.2) is 113 Å². The van der Waals surface area contributed by atoms with Crippen LogP contribution in [0.4, 0.5) is 9.52 Å². The molecule has 0 saturated heterocycles. The lowest BCUT2D eigenvalue weighted by atomic mass is 9.68. The van der Waals surface area contributed by atoms with Crippen molar-refractivity contribution in [2.45, 2.75) is 32.6 Å². The van der Waals surface area contributed by atoms with Gasteiger partial charge in [0.1, 0.15) is 17.4 Å². The molecule has 0 bridgehead atoms. The second-order valence-electron chi connectivity index (χ2n) is 12.4. The summed E-state index contributed by atoms with van der Waals surface area (Å²) in [7, 11) is 1.61. The number of hydrogen-bond donors (Lipinski definition) is 1. The standard InChI is InChI=1S/C37H31FN6O2S/c1-37(2)17-30-33(31(45)18-37)32(27(19-39)35(40)44(30)36-41-29(21-47-36)22-9-13-24(38)14-10-22)28-20-43(25-7-5-4-6-8-25)42-34(28)23-11-15-26(46-3)16-12-23/h4-16,20-21,32H,17-18,40H2,1-3H3. The second kappa shape index (κ2) is 11.7. The fourth-order valence-corrected chi connectivity index (χ4v) is 7.31. The van der Waals surface area contributed by atoms with Crippen LogP contribution in [0.2, 0.25) is 0 Å². The van der Waals surface area contributed by atoms with Crippen molar-refractivity contribution in [3.63, 3.8) is 0 Å². The number of rotatable bonds is 6. The third-order valence-electron chi connectivity index (χ3n) is 8.64. The third kappa shape index (κ3) is 5.38. The summed E-state index contributed by atoms with van der Waals surface area (Å²) in [6.45, 7) is 4.12. The SMILES string of the molecule is COc1ccc(-c2nn(-c3ccccc3)cc2C2C(C#N)=C(N)N(c3nc(-c4ccc(F)cc4)cs3)C3=C2C(=O)CC(C)(C)C3)cc1. The number of thiazole rings is 1. The van der Waals surface area contributed by atoms with E-state index in [0.29, 0.717) is 46.2 Å². The Balaban J connectivity index is 1.44. The van der Waals surface area contributed by atoms with E-state index in [-0.39, 0.29) is 28.4 Å². The summed E-state index contributed by atoms with van der Waals surface area (Å²) in [5, 5.41) is 18.2. The highest BCUT2D eigenvalue weighted by atomic mass is 32.1. The first kappa shape index (κ1) is 30.1. The zero-order valence-corrected chi connectivity index (χ0v) is 26.9. The molecule has 2 N–H and O–H groups in total. The minimum Gasteiger partial charge on any atom is -0.497 e. The maximum absolute atomic E-state index is 14.3.